The van der Waals surface area contributed by atoms with Gasteiger partial charge in [0.2, 0.25) is 0 Å². The van der Waals surface area contributed by atoms with Crippen LogP contribution in [0.5, 0.6) is 0 Å². The second kappa shape index (κ2) is 3.93. The molecular formula is C10H17NO. The zero-order valence-electron chi connectivity index (χ0n) is 8.08. The summed E-state index contributed by atoms with van der Waals surface area (Å²) in [7, 11) is 0. The molecule has 0 aromatic heterocycles. The van der Waals surface area contributed by atoms with Gasteiger partial charge in [-0.25, -0.2) is 0 Å². The van der Waals surface area contributed by atoms with E-state index in [2.05, 4.69) is 31.6 Å². The SMILES string of the molecule is C#C[C@@H]1COC[C@@H](C)N1C(C)C. The Bertz CT molecular complexity index is 183. The Balaban J connectivity index is 2.67. The van der Waals surface area contributed by atoms with Crippen molar-refractivity contribution in [3.63, 3.8) is 0 Å². The van der Waals surface area contributed by atoms with Crippen molar-refractivity contribution in [1.82, 2.24) is 4.90 Å². The Morgan fingerprint density at radius 3 is 2.58 bits per heavy atom. The van der Waals surface area contributed by atoms with Crippen LogP contribution in [-0.4, -0.2) is 36.2 Å². The van der Waals surface area contributed by atoms with Gasteiger partial charge in [-0.15, -0.1) is 6.42 Å². The standard InChI is InChI=1S/C10H17NO/c1-5-10-7-12-6-9(4)11(10)8(2)3/h1,8-10H,6-7H2,2-4H3/t9-,10-/m1/s1. The van der Waals surface area contributed by atoms with E-state index in [9.17, 15) is 0 Å². The first-order valence-electron chi connectivity index (χ1n) is 4.48. The molecule has 1 fully saturated rings. The van der Waals surface area contributed by atoms with E-state index in [-0.39, 0.29) is 6.04 Å². The van der Waals surface area contributed by atoms with Gasteiger partial charge in [0.25, 0.3) is 0 Å². The third-order valence-corrected chi connectivity index (χ3v) is 2.29. The van der Waals surface area contributed by atoms with Gasteiger partial charge in [0.1, 0.15) is 0 Å². The Morgan fingerprint density at radius 1 is 1.50 bits per heavy atom. The van der Waals surface area contributed by atoms with Crippen LogP contribution >= 0.6 is 0 Å². The highest BCUT2D eigenvalue weighted by molar-refractivity contribution is 5.03. The number of ether oxygens (including phenoxy) is 1. The van der Waals surface area contributed by atoms with E-state index in [1.54, 1.807) is 0 Å². The van der Waals surface area contributed by atoms with Crippen molar-refractivity contribution in [1.29, 1.82) is 0 Å². The number of hydrogen-bond acceptors (Lipinski definition) is 2. The lowest BCUT2D eigenvalue weighted by molar-refractivity contribution is -0.0384. The predicted octanol–water partition coefficient (Wildman–Crippen LogP) is 1.12. The second-order valence-electron chi connectivity index (χ2n) is 3.61. The summed E-state index contributed by atoms with van der Waals surface area (Å²) in [6.07, 6.45) is 5.42. The summed E-state index contributed by atoms with van der Waals surface area (Å²) in [4.78, 5) is 2.34. The number of morpholine rings is 1. The third kappa shape index (κ3) is 1.80. The maximum absolute atomic E-state index is 5.42. The normalized spacial score (nSPS) is 31.9. The van der Waals surface area contributed by atoms with E-state index >= 15 is 0 Å². The molecule has 0 spiro atoms. The number of rotatable bonds is 1. The van der Waals surface area contributed by atoms with Crippen molar-refractivity contribution in [2.24, 2.45) is 0 Å². The van der Waals surface area contributed by atoms with E-state index in [0.29, 0.717) is 18.7 Å². The third-order valence-electron chi connectivity index (χ3n) is 2.29. The number of terminal acetylenes is 1. The van der Waals surface area contributed by atoms with Crippen LogP contribution in [0.3, 0.4) is 0 Å². The second-order valence-corrected chi connectivity index (χ2v) is 3.61. The zero-order chi connectivity index (χ0) is 9.14. The first-order chi connectivity index (χ1) is 5.66. The molecule has 1 aliphatic rings. The first kappa shape index (κ1) is 9.57. The van der Waals surface area contributed by atoms with Crippen LogP contribution in [0, 0.1) is 12.3 Å². The summed E-state index contributed by atoms with van der Waals surface area (Å²) < 4.78 is 5.38. The minimum absolute atomic E-state index is 0.161. The fourth-order valence-electron chi connectivity index (χ4n) is 1.83. The van der Waals surface area contributed by atoms with E-state index in [1.807, 2.05) is 0 Å². The average Bonchev–Trinajstić information content (AvgIpc) is 2.03. The molecule has 0 bridgehead atoms. The molecule has 0 unspecified atom stereocenters. The largest absolute Gasteiger partial charge is 0.377 e. The molecule has 2 nitrogen and oxygen atoms in total. The zero-order valence-corrected chi connectivity index (χ0v) is 8.08. The van der Waals surface area contributed by atoms with Crippen molar-refractivity contribution in [2.75, 3.05) is 13.2 Å². The highest BCUT2D eigenvalue weighted by Gasteiger charge is 2.28. The van der Waals surface area contributed by atoms with Gasteiger partial charge in [0.05, 0.1) is 19.3 Å². The van der Waals surface area contributed by atoms with Gasteiger partial charge in [0, 0.05) is 12.1 Å². The quantitative estimate of drug-likeness (QED) is 0.543. The topological polar surface area (TPSA) is 12.5 Å². The van der Waals surface area contributed by atoms with Crippen LogP contribution in [0.15, 0.2) is 0 Å². The lowest BCUT2D eigenvalue weighted by Crippen LogP contribution is -2.53. The monoisotopic (exact) mass is 167 g/mol. The lowest BCUT2D eigenvalue weighted by Gasteiger charge is -2.40. The van der Waals surface area contributed by atoms with E-state index in [1.165, 1.54) is 0 Å². The van der Waals surface area contributed by atoms with Crippen molar-refractivity contribution in [2.45, 2.75) is 38.9 Å². The Labute approximate surface area is 74.9 Å². The van der Waals surface area contributed by atoms with Gasteiger partial charge in [0.15, 0.2) is 0 Å². The maximum atomic E-state index is 5.42. The van der Waals surface area contributed by atoms with Crippen molar-refractivity contribution in [3.8, 4) is 12.3 Å². The maximum Gasteiger partial charge on any atom is 0.0954 e. The van der Waals surface area contributed by atoms with Crippen molar-refractivity contribution in [3.05, 3.63) is 0 Å². The highest BCUT2D eigenvalue weighted by atomic mass is 16.5. The van der Waals surface area contributed by atoms with Crippen molar-refractivity contribution < 1.29 is 4.74 Å². The first-order valence-corrected chi connectivity index (χ1v) is 4.48. The fraction of sp³-hybridized carbons (Fsp3) is 0.800. The van der Waals surface area contributed by atoms with Gasteiger partial charge in [-0.05, 0) is 20.8 Å². The molecule has 2 heteroatoms. The van der Waals surface area contributed by atoms with Gasteiger partial charge in [-0.3, -0.25) is 4.90 Å². The molecule has 0 N–H and O–H groups in total. The summed E-state index contributed by atoms with van der Waals surface area (Å²) in [5.41, 5.74) is 0. The fourth-order valence-corrected chi connectivity index (χ4v) is 1.83. The van der Waals surface area contributed by atoms with Gasteiger partial charge >= 0.3 is 0 Å². The Kier molecular flexibility index (Phi) is 3.13. The molecular weight excluding hydrogens is 150 g/mol. The summed E-state index contributed by atoms with van der Waals surface area (Å²) in [6, 6.07) is 1.11. The van der Waals surface area contributed by atoms with Crippen LogP contribution in [-0.2, 0) is 4.74 Å². The van der Waals surface area contributed by atoms with Crippen molar-refractivity contribution >= 4 is 0 Å². The summed E-state index contributed by atoms with van der Waals surface area (Å²) in [6.45, 7) is 7.98. The van der Waals surface area contributed by atoms with Crippen LogP contribution in [0.1, 0.15) is 20.8 Å². The van der Waals surface area contributed by atoms with Gasteiger partial charge in [-0.2, -0.15) is 0 Å². The number of hydrogen-bond donors (Lipinski definition) is 0. The van der Waals surface area contributed by atoms with Crippen LogP contribution < -0.4 is 0 Å². The lowest BCUT2D eigenvalue weighted by atomic mass is 10.1. The van der Waals surface area contributed by atoms with Gasteiger partial charge in [-0.1, -0.05) is 5.92 Å². The molecule has 1 saturated heterocycles. The Morgan fingerprint density at radius 2 is 2.17 bits per heavy atom. The highest BCUT2D eigenvalue weighted by Crippen LogP contribution is 2.15. The molecule has 0 aliphatic carbocycles. The summed E-state index contributed by atoms with van der Waals surface area (Å²) in [5, 5.41) is 0. The molecule has 68 valence electrons. The van der Waals surface area contributed by atoms with E-state index in [4.69, 9.17) is 11.2 Å². The summed E-state index contributed by atoms with van der Waals surface area (Å²) in [5.74, 6) is 2.77. The van der Waals surface area contributed by atoms with Crippen LogP contribution in [0.2, 0.25) is 0 Å². The molecule has 0 aromatic carbocycles. The van der Waals surface area contributed by atoms with E-state index in [0.717, 1.165) is 6.61 Å². The average molecular weight is 167 g/mol. The summed E-state index contributed by atoms with van der Waals surface area (Å²) >= 11 is 0. The van der Waals surface area contributed by atoms with E-state index < -0.39 is 0 Å². The number of nitrogens with zero attached hydrogens (tertiary/aromatic N) is 1. The van der Waals surface area contributed by atoms with Crippen LogP contribution in [0.25, 0.3) is 0 Å². The molecule has 1 heterocycles. The molecule has 0 aromatic rings. The molecule has 2 atom stereocenters. The smallest absolute Gasteiger partial charge is 0.0954 e. The van der Waals surface area contributed by atoms with Crippen LogP contribution in [0.4, 0.5) is 0 Å². The molecule has 1 rings (SSSR count). The molecule has 0 radical (unpaired) electrons. The molecule has 0 amide bonds. The molecule has 1 aliphatic heterocycles. The molecule has 12 heavy (non-hydrogen) atoms. The Hall–Kier alpha value is -0.520. The van der Waals surface area contributed by atoms with Gasteiger partial charge < -0.3 is 4.74 Å². The predicted molar refractivity (Wildman–Crippen MR) is 49.9 cm³/mol. The minimum Gasteiger partial charge on any atom is -0.377 e. The minimum atomic E-state index is 0.161. The molecule has 0 saturated carbocycles.